The van der Waals surface area contributed by atoms with E-state index in [9.17, 15) is 4.79 Å². The summed E-state index contributed by atoms with van der Waals surface area (Å²) >= 11 is 0. The minimum Gasteiger partial charge on any atom is -0.463 e. The van der Waals surface area contributed by atoms with Gasteiger partial charge in [0.25, 0.3) is 5.97 Å². The van der Waals surface area contributed by atoms with Crippen LogP contribution in [0.15, 0.2) is 0 Å². The highest BCUT2D eigenvalue weighted by Gasteiger charge is 2.24. The smallest absolute Gasteiger partial charge is 0.299 e. The highest BCUT2D eigenvalue weighted by atomic mass is 16.6. The van der Waals surface area contributed by atoms with Gasteiger partial charge in [-0.2, -0.15) is 0 Å². The molecular formula is C6H9BO3. The fourth-order valence-electron chi connectivity index (χ4n) is 0.471. The van der Waals surface area contributed by atoms with Crippen LogP contribution in [-0.4, -0.2) is 33.1 Å². The molecule has 1 rings (SSSR count). The maximum absolute atomic E-state index is 10.7. The Morgan fingerprint density at radius 3 is 3.00 bits per heavy atom. The topological polar surface area (TPSA) is 38.8 Å². The zero-order valence-corrected chi connectivity index (χ0v) is 5.87. The number of carbonyl (C=O) groups is 1. The van der Waals surface area contributed by atoms with Gasteiger partial charge < -0.3 is 9.47 Å². The van der Waals surface area contributed by atoms with Gasteiger partial charge in [-0.15, -0.1) is 0 Å². The molecule has 54 valence electrons. The van der Waals surface area contributed by atoms with Crippen molar-refractivity contribution >= 4 is 13.8 Å². The summed E-state index contributed by atoms with van der Waals surface area (Å²) in [5.41, 5.74) is 0. The van der Waals surface area contributed by atoms with Gasteiger partial charge in [-0.25, -0.2) is 0 Å². The van der Waals surface area contributed by atoms with Gasteiger partial charge in [0, 0.05) is 5.82 Å². The normalized spacial score (nSPS) is 25.5. The molecule has 0 N–H and O–H groups in total. The Morgan fingerprint density at radius 2 is 2.60 bits per heavy atom. The molecule has 0 bridgehead atoms. The third-order valence-electron chi connectivity index (χ3n) is 1.19. The lowest BCUT2D eigenvalue weighted by Gasteiger charge is -2.03. The third-order valence-corrected chi connectivity index (χ3v) is 1.19. The first kappa shape index (κ1) is 7.60. The van der Waals surface area contributed by atoms with Crippen molar-refractivity contribution in [3.05, 3.63) is 0 Å². The monoisotopic (exact) mass is 140 g/mol. The molecule has 1 aliphatic heterocycles. The van der Waals surface area contributed by atoms with E-state index in [1.165, 1.54) is 0 Å². The van der Waals surface area contributed by atoms with E-state index >= 15 is 0 Å². The molecule has 2 radical (unpaired) electrons. The van der Waals surface area contributed by atoms with Crippen molar-refractivity contribution < 1.29 is 14.3 Å². The predicted octanol–water partition coefficient (Wildman–Crippen LogP) is -0.0947. The first-order chi connectivity index (χ1) is 4.70. The van der Waals surface area contributed by atoms with E-state index in [4.69, 9.17) is 17.3 Å². The number of carbonyl (C=O) groups excluding carboxylic acids is 1. The maximum Gasteiger partial charge on any atom is 0.299 e. The average Bonchev–Trinajstić information content (AvgIpc) is 2.64. The molecule has 1 heterocycles. The molecule has 0 spiro atoms. The summed E-state index contributed by atoms with van der Waals surface area (Å²) in [4.78, 5) is 10.7. The third kappa shape index (κ3) is 2.39. The molecule has 0 saturated carbocycles. The molecule has 0 aromatic carbocycles. The van der Waals surface area contributed by atoms with E-state index in [2.05, 4.69) is 0 Å². The minimum absolute atomic E-state index is 0.127. The Kier molecular flexibility index (Phi) is 2.32. The van der Waals surface area contributed by atoms with E-state index < -0.39 is 5.82 Å². The maximum atomic E-state index is 10.7. The van der Waals surface area contributed by atoms with Gasteiger partial charge in [-0.3, -0.25) is 4.79 Å². The fourth-order valence-corrected chi connectivity index (χ4v) is 0.471. The Morgan fingerprint density at radius 1 is 2.00 bits per heavy atom. The summed E-state index contributed by atoms with van der Waals surface area (Å²) in [7, 11) is 5.23. The van der Waals surface area contributed by atoms with Gasteiger partial charge in [0.15, 0.2) is 0 Å². The van der Waals surface area contributed by atoms with E-state index in [0.717, 1.165) is 0 Å². The number of epoxide rings is 1. The standard InChI is InChI=1S/C6H9BO3/c1-4(7)6(8)10-3-5-2-9-5/h4-5H,2-3H2,1H3. The lowest BCUT2D eigenvalue weighted by atomic mass is 9.90. The predicted molar refractivity (Wildman–Crippen MR) is 35.9 cm³/mol. The van der Waals surface area contributed by atoms with Crippen LogP contribution in [0.2, 0.25) is 5.82 Å². The second-order valence-corrected chi connectivity index (χ2v) is 2.37. The number of rotatable bonds is 3. The molecule has 2 unspecified atom stereocenters. The fraction of sp³-hybridized carbons (Fsp3) is 0.833. The number of hydrogen-bond donors (Lipinski definition) is 0. The summed E-state index contributed by atoms with van der Waals surface area (Å²) in [6, 6.07) is 0. The van der Waals surface area contributed by atoms with Crippen LogP contribution in [0.3, 0.4) is 0 Å². The summed E-state index contributed by atoms with van der Waals surface area (Å²) in [6.07, 6.45) is 0.127. The van der Waals surface area contributed by atoms with Gasteiger partial charge >= 0.3 is 0 Å². The molecular weight excluding hydrogens is 131 g/mol. The molecule has 0 aromatic heterocycles. The van der Waals surface area contributed by atoms with Gasteiger partial charge in [0.2, 0.25) is 0 Å². The first-order valence-electron chi connectivity index (χ1n) is 3.24. The van der Waals surface area contributed by atoms with Crippen molar-refractivity contribution in [3.8, 4) is 0 Å². The molecule has 1 saturated heterocycles. The van der Waals surface area contributed by atoms with Crippen LogP contribution >= 0.6 is 0 Å². The molecule has 0 amide bonds. The summed E-state index contributed by atoms with van der Waals surface area (Å²) in [5.74, 6) is -0.894. The van der Waals surface area contributed by atoms with Crippen LogP contribution < -0.4 is 0 Å². The summed E-state index contributed by atoms with van der Waals surface area (Å²) < 4.78 is 9.56. The van der Waals surface area contributed by atoms with Crippen LogP contribution in [0.25, 0.3) is 0 Å². The number of esters is 1. The highest BCUT2D eigenvalue weighted by molar-refractivity contribution is 6.22. The van der Waals surface area contributed by atoms with Gasteiger partial charge in [-0.1, -0.05) is 6.92 Å². The quantitative estimate of drug-likeness (QED) is 0.312. The Bertz CT molecular complexity index is 131. The van der Waals surface area contributed by atoms with Crippen molar-refractivity contribution in [3.63, 3.8) is 0 Å². The van der Waals surface area contributed by atoms with Crippen LogP contribution in [0.1, 0.15) is 6.92 Å². The molecule has 1 fully saturated rings. The largest absolute Gasteiger partial charge is 0.463 e. The van der Waals surface area contributed by atoms with Crippen molar-refractivity contribution in [1.29, 1.82) is 0 Å². The molecule has 3 nitrogen and oxygen atoms in total. The Labute approximate surface area is 61.1 Å². The van der Waals surface area contributed by atoms with Crippen LogP contribution in [0.4, 0.5) is 0 Å². The van der Waals surface area contributed by atoms with E-state index in [1.54, 1.807) is 6.92 Å². The zero-order chi connectivity index (χ0) is 7.56. The number of ether oxygens (including phenoxy) is 2. The van der Waals surface area contributed by atoms with Gasteiger partial charge in [0.05, 0.1) is 14.5 Å². The van der Waals surface area contributed by atoms with E-state index in [0.29, 0.717) is 13.2 Å². The lowest BCUT2D eigenvalue weighted by molar-refractivity contribution is -0.143. The first-order valence-corrected chi connectivity index (χ1v) is 3.24. The molecule has 10 heavy (non-hydrogen) atoms. The van der Waals surface area contributed by atoms with Crippen molar-refractivity contribution in [1.82, 2.24) is 0 Å². The van der Waals surface area contributed by atoms with Crippen molar-refractivity contribution in [2.75, 3.05) is 13.2 Å². The SMILES string of the molecule is [B]C(C)C(=O)OCC1CO1. The average molecular weight is 140 g/mol. The van der Waals surface area contributed by atoms with Crippen LogP contribution in [-0.2, 0) is 14.3 Å². The molecule has 0 aliphatic carbocycles. The van der Waals surface area contributed by atoms with Gasteiger partial charge in [-0.05, 0) is 0 Å². The minimum atomic E-state index is -0.529. The Balaban J connectivity index is 2.05. The van der Waals surface area contributed by atoms with Crippen molar-refractivity contribution in [2.24, 2.45) is 0 Å². The molecule has 0 aromatic rings. The molecule has 2 atom stereocenters. The summed E-state index contributed by atoms with van der Waals surface area (Å²) in [6.45, 7) is 2.64. The van der Waals surface area contributed by atoms with Gasteiger partial charge in [0.1, 0.15) is 12.7 Å². The highest BCUT2D eigenvalue weighted by Crippen LogP contribution is 2.10. The van der Waals surface area contributed by atoms with Crippen LogP contribution in [0.5, 0.6) is 0 Å². The van der Waals surface area contributed by atoms with Crippen molar-refractivity contribution in [2.45, 2.75) is 18.8 Å². The molecule has 1 aliphatic rings. The van der Waals surface area contributed by atoms with Crippen LogP contribution in [0, 0.1) is 0 Å². The second kappa shape index (κ2) is 3.06. The van der Waals surface area contributed by atoms with E-state index in [1.807, 2.05) is 0 Å². The van der Waals surface area contributed by atoms with E-state index in [-0.39, 0.29) is 12.1 Å². The Hall–Kier alpha value is -0.505. The summed E-state index contributed by atoms with van der Waals surface area (Å²) in [5, 5.41) is 0. The second-order valence-electron chi connectivity index (χ2n) is 2.37. The molecule has 4 heteroatoms. The lowest BCUT2D eigenvalue weighted by Crippen LogP contribution is -2.13. The number of hydrogen-bond acceptors (Lipinski definition) is 3. The zero-order valence-electron chi connectivity index (χ0n) is 5.87.